The third-order valence-corrected chi connectivity index (χ3v) is 16.2. The molecule has 1 amide bonds. The SMILES string of the molecule is C=C1[C@@H](COC(c2ccccc2)(c2ccc(OC)cc2)c2ccc(OC)cc2)[C@@H](N(CCC#N)P(=O)(C(C)C)C(C)C)[C@@H](F)[C@@H]1n1nnc2c(NC(=O)c3ccccc3)ncnc21. The summed E-state index contributed by atoms with van der Waals surface area (Å²) < 4.78 is 55.4. The van der Waals surface area contributed by atoms with Gasteiger partial charge in [-0.1, -0.05) is 112 Å². The lowest BCUT2D eigenvalue weighted by Crippen LogP contribution is -2.47. The lowest BCUT2D eigenvalue weighted by molar-refractivity contribution is -0.0139. The smallest absolute Gasteiger partial charge is 0.256 e. The summed E-state index contributed by atoms with van der Waals surface area (Å²) in [6, 6.07) is 33.6. The number of carbonyl (C=O) groups excluding carboxylic acids is 1. The molecule has 63 heavy (non-hydrogen) atoms. The Morgan fingerprint density at radius 1 is 0.889 bits per heavy atom. The highest BCUT2D eigenvalue weighted by Crippen LogP contribution is 2.62. The third kappa shape index (κ3) is 8.36. The molecule has 1 N–H and O–H groups in total. The average Bonchev–Trinajstić information content (AvgIpc) is 3.84. The number of halogens is 1. The molecule has 1 aliphatic rings. The monoisotopic (exact) mass is 870 g/mol. The topological polar surface area (TPSA) is 157 Å². The molecule has 1 fully saturated rings. The maximum absolute atomic E-state index is 18.3. The van der Waals surface area contributed by atoms with E-state index in [9.17, 15) is 10.1 Å². The molecule has 6 aromatic rings. The zero-order chi connectivity index (χ0) is 44.9. The Hall–Kier alpha value is -6.26. The molecule has 326 valence electrons. The zero-order valence-electron chi connectivity index (χ0n) is 36.3. The van der Waals surface area contributed by atoms with E-state index < -0.39 is 43.0 Å². The molecule has 4 atom stereocenters. The lowest BCUT2D eigenvalue weighted by Gasteiger charge is -2.44. The predicted molar refractivity (Wildman–Crippen MR) is 241 cm³/mol. The molecule has 0 unspecified atom stereocenters. The van der Waals surface area contributed by atoms with E-state index >= 15 is 8.96 Å². The van der Waals surface area contributed by atoms with E-state index in [0.717, 1.165) is 16.7 Å². The number of alkyl halides is 1. The van der Waals surface area contributed by atoms with Crippen molar-refractivity contribution in [3.05, 3.63) is 150 Å². The van der Waals surface area contributed by atoms with Gasteiger partial charge in [-0.2, -0.15) is 5.26 Å². The predicted octanol–water partition coefficient (Wildman–Crippen LogP) is 9.24. The fourth-order valence-corrected chi connectivity index (χ4v) is 12.4. The van der Waals surface area contributed by atoms with Crippen molar-refractivity contribution in [1.29, 1.82) is 5.26 Å². The molecule has 0 bridgehead atoms. The number of methoxy groups -OCH3 is 2. The van der Waals surface area contributed by atoms with Crippen LogP contribution in [0.15, 0.2) is 128 Å². The largest absolute Gasteiger partial charge is 0.497 e. The van der Waals surface area contributed by atoms with Crippen LogP contribution >= 0.6 is 7.29 Å². The molecule has 2 aromatic heterocycles. The van der Waals surface area contributed by atoms with Gasteiger partial charge in [0.25, 0.3) is 5.91 Å². The van der Waals surface area contributed by atoms with E-state index in [2.05, 4.69) is 38.2 Å². The molecule has 0 spiro atoms. The minimum Gasteiger partial charge on any atom is -0.497 e. The van der Waals surface area contributed by atoms with Gasteiger partial charge in [-0.3, -0.25) is 4.79 Å². The first-order chi connectivity index (χ1) is 30.4. The number of aromatic nitrogens is 5. The summed E-state index contributed by atoms with van der Waals surface area (Å²) in [4.78, 5) is 22.0. The minimum absolute atomic E-state index is 0.00692. The molecular weight excluding hydrogens is 819 g/mol. The summed E-state index contributed by atoms with van der Waals surface area (Å²) in [5.74, 6) is 0.175. The number of benzene rings is 4. The van der Waals surface area contributed by atoms with Crippen LogP contribution in [0.25, 0.3) is 11.2 Å². The van der Waals surface area contributed by atoms with Crippen LogP contribution in [0.1, 0.15) is 67.2 Å². The molecule has 0 radical (unpaired) electrons. The number of ether oxygens (including phenoxy) is 3. The number of fused-ring (bicyclic) bond motifs is 1. The average molecular weight is 871 g/mol. The van der Waals surface area contributed by atoms with Crippen molar-refractivity contribution < 1.29 is 28.0 Å². The van der Waals surface area contributed by atoms with Crippen molar-refractivity contribution in [2.75, 3.05) is 32.7 Å². The summed E-state index contributed by atoms with van der Waals surface area (Å²) in [5.41, 5.74) is 1.43. The second-order valence-corrected chi connectivity index (χ2v) is 20.0. The highest BCUT2D eigenvalue weighted by molar-refractivity contribution is 7.62. The number of nitrogens with zero attached hydrogens (tertiary/aromatic N) is 7. The number of hydrogen-bond acceptors (Lipinski definition) is 10. The van der Waals surface area contributed by atoms with Crippen LogP contribution in [0.4, 0.5) is 10.2 Å². The number of amides is 1. The molecule has 2 heterocycles. The van der Waals surface area contributed by atoms with Gasteiger partial charge in [0.05, 0.1) is 32.9 Å². The van der Waals surface area contributed by atoms with Gasteiger partial charge in [-0.15, -0.1) is 5.10 Å². The van der Waals surface area contributed by atoms with Gasteiger partial charge >= 0.3 is 0 Å². The first kappa shape index (κ1) is 44.8. The van der Waals surface area contributed by atoms with Crippen molar-refractivity contribution in [3.8, 4) is 17.6 Å². The van der Waals surface area contributed by atoms with Crippen molar-refractivity contribution >= 4 is 30.2 Å². The van der Waals surface area contributed by atoms with E-state index in [0.29, 0.717) is 22.6 Å². The van der Waals surface area contributed by atoms with Crippen LogP contribution in [0.5, 0.6) is 11.5 Å². The molecular formula is C48H52FN8O5P. The summed E-state index contributed by atoms with van der Waals surface area (Å²) >= 11 is 0. The number of carbonyl (C=O) groups is 1. The van der Waals surface area contributed by atoms with Gasteiger partial charge in [-0.05, 0) is 58.7 Å². The van der Waals surface area contributed by atoms with E-state index in [4.69, 9.17) is 14.2 Å². The van der Waals surface area contributed by atoms with Crippen LogP contribution < -0.4 is 14.8 Å². The minimum atomic E-state index is -3.42. The maximum atomic E-state index is 18.3. The first-order valence-electron chi connectivity index (χ1n) is 20.9. The number of anilines is 1. The van der Waals surface area contributed by atoms with Crippen LogP contribution in [0.2, 0.25) is 0 Å². The Kier molecular flexibility index (Phi) is 13.5. The van der Waals surface area contributed by atoms with Gasteiger partial charge < -0.3 is 24.1 Å². The van der Waals surface area contributed by atoms with Gasteiger partial charge in [0, 0.05) is 35.8 Å². The summed E-state index contributed by atoms with van der Waals surface area (Å²) in [7, 11) is -0.209. The fourth-order valence-electron chi connectivity index (χ4n) is 8.89. The quantitative estimate of drug-likeness (QED) is 0.0529. The zero-order valence-corrected chi connectivity index (χ0v) is 37.2. The van der Waals surface area contributed by atoms with E-state index in [1.165, 1.54) is 11.0 Å². The standard InChI is InChI=1S/C48H52FN8O5P/c1-31(2)63(59,32(3)4)56(28-14-27-50)44-40(33(5)43(41(44)49)57-46-42(54-55-57)45(51-30-52-46)53-47(58)34-15-10-8-11-16-34)29-62-48(35-17-12-9-13-18-35,36-19-23-38(60-6)24-20-36)37-21-25-39(61-7)26-22-37/h8-13,15-26,30-32,40-41,43-44H,5,14,28-29H2,1-4,6-7H3,(H,51,52,53,58)/t40-,41+,43-,44-/m1/s1. The first-order valence-corrected chi connectivity index (χ1v) is 22.7. The van der Waals surface area contributed by atoms with Crippen molar-refractivity contribution in [2.24, 2.45) is 5.92 Å². The second-order valence-electron chi connectivity index (χ2n) is 16.1. The highest BCUT2D eigenvalue weighted by Gasteiger charge is 2.56. The fraction of sp³-hybridized carbons (Fsp3) is 0.333. The van der Waals surface area contributed by atoms with Crippen molar-refractivity contribution in [2.45, 2.75) is 69.3 Å². The van der Waals surface area contributed by atoms with Crippen LogP contribution in [-0.2, 0) is 14.9 Å². The normalized spacial score (nSPS) is 18.0. The molecule has 13 nitrogen and oxygen atoms in total. The number of nitriles is 1. The highest BCUT2D eigenvalue weighted by atomic mass is 31.2. The molecule has 0 saturated heterocycles. The molecule has 7 rings (SSSR count). The van der Waals surface area contributed by atoms with Crippen LogP contribution in [0.3, 0.4) is 0 Å². The van der Waals surface area contributed by atoms with Gasteiger partial charge in [0.1, 0.15) is 35.6 Å². The Morgan fingerprint density at radius 2 is 1.44 bits per heavy atom. The molecule has 1 aliphatic carbocycles. The van der Waals surface area contributed by atoms with Gasteiger partial charge in [0.15, 0.2) is 24.3 Å². The van der Waals surface area contributed by atoms with Gasteiger partial charge in [-0.25, -0.2) is 23.7 Å². The maximum Gasteiger partial charge on any atom is 0.256 e. The molecule has 4 aromatic carbocycles. The Labute approximate surface area is 367 Å². The van der Waals surface area contributed by atoms with Crippen molar-refractivity contribution in [3.63, 3.8) is 0 Å². The van der Waals surface area contributed by atoms with E-state index in [-0.39, 0.29) is 47.9 Å². The number of hydrogen-bond donors (Lipinski definition) is 1. The van der Waals surface area contributed by atoms with Crippen LogP contribution in [-0.4, -0.2) is 86.4 Å². The second kappa shape index (κ2) is 19.0. The van der Waals surface area contributed by atoms with E-state index in [1.54, 1.807) is 49.2 Å². The number of nitrogens with one attached hydrogen (secondary N) is 1. The number of rotatable bonds is 17. The van der Waals surface area contributed by atoms with Crippen molar-refractivity contribution in [1.82, 2.24) is 29.6 Å². The Balaban J connectivity index is 1.39. The molecule has 15 heteroatoms. The Bertz CT molecular complexity index is 2560. The molecule has 0 aliphatic heterocycles. The third-order valence-electron chi connectivity index (χ3n) is 12.0. The summed E-state index contributed by atoms with van der Waals surface area (Å²) in [6.45, 7) is 12.0. The van der Waals surface area contributed by atoms with E-state index in [1.807, 2.05) is 107 Å². The lowest BCUT2D eigenvalue weighted by atomic mass is 9.79. The Morgan fingerprint density at radius 3 is 1.98 bits per heavy atom. The van der Waals surface area contributed by atoms with Gasteiger partial charge in [0.2, 0.25) is 0 Å². The summed E-state index contributed by atoms with van der Waals surface area (Å²) in [6.07, 6.45) is -0.521. The molecule has 1 saturated carbocycles. The van der Waals surface area contributed by atoms with Crippen LogP contribution in [0, 0.1) is 17.2 Å². The summed E-state index contributed by atoms with van der Waals surface area (Å²) in [5, 5.41) is 21.5.